The van der Waals surface area contributed by atoms with E-state index in [1.54, 1.807) is 36.0 Å². The predicted octanol–water partition coefficient (Wildman–Crippen LogP) is 4.26. The van der Waals surface area contributed by atoms with Gasteiger partial charge in [0.2, 0.25) is 5.13 Å². The maximum Gasteiger partial charge on any atom is 0.257 e. The molecule has 0 saturated heterocycles. The highest BCUT2D eigenvalue weighted by Gasteiger charge is 2.10. The molecule has 0 fully saturated rings. The van der Waals surface area contributed by atoms with Gasteiger partial charge in [-0.25, -0.2) is 0 Å². The van der Waals surface area contributed by atoms with Gasteiger partial charge in [0.1, 0.15) is 0 Å². The summed E-state index contributed by atoms with van der Waals surface area (Å²) in [6, 6.07) is 16.8. The van der Waals surface area contributed by atoms with E-state index >= 15 is 0 Å². The fourth-order valence-corrected chi connectivity index (χ4v) is 3.72. The second-order valence-corrected chi connectivity index (χ2v) is 7.49. The van der Waals surface area contributed by atoms with Crippen LogP contribution in [0.4, 0.5) is 5.13 Å². The Morgan fingerprint density at radius 2 is 1.88 bits per heavy atom. The van der Waals surface area contributed by atoms with Gasteiger partial charge in [-0.1, -0.05) is 52.9 Å². The molecule has 0 aliphatic heterocycles. The molecule has 0 radical (unpaired) electrons. The Morgan fingerprint density at radius 1 is 1.16 bits per heavy atom. The van der Waals surface area contributed by atoms with Crippen LogP contribution in [0, 0.1) is 18.3 Å². The van der Waals surface area contributed by atoms with Crippen LogP contribution in [0.1, 0.15) is 27.0 Å². The molecule has 25 heavy (non-hydrogen) atoms. The van der Waals surface area contributed by atoms with Crippen LogP contribution in [-0.2, 0) is 5.75 Å². The summed E-state index contributed by atoms with van der Waals surface area (Å²) in [5, 5.41) is 20.1. The van der Waals surface area contributed by atoms with Crippen LogP contribution < -0.4 is 5.32 Å². The Morgan fingerprint density at radius 3 is 2.56 bits per heavy atom. The number of nitriles is 1. The number of aromatic nitrogens is 2. The number of amides is 1. The van der Waals surface area contributed by atoms with Gasteiger partial charge in [-0.15, -0.1) is 10.2 Å². The van der Waals surface area contributed by atoms with Gasteiger partial charge >= 0.3 is 0 Å². The summed E-state index contributed by atoms with van der Waals surface area (Å²) in [5.41, 5.74) is 3.44. The van der Waals surface area contributed by atoms with E-state index in [-0.39, 0.29) is 5.91 Å². The van der Waals surface area contributed by atoms with Crippen LogP contribution in [-0.4, -0.2) is 16.1 Å². The lowest BCUT2D eigenvalue weighted by Crippen LogP contribution is -2.11. The normalized spacial score (nSPS) is 10.2. The highest BCUT2D eigenvalue weighted by molar-refractivity contribution is 8.00. The molecule has 0 unspecified atom stereocenters. The van der Waals surface area contributed by atoms with Gasteiger partial charge in [0.25, 0.3) is 5.91 Å². The quantitative estimate of drug-likeness (QED) is 0.539. The summed E-state index contributed by atoms with van der Waals surface area (Å²) in [5.74, 6) is 0.536. The zero-order valence-corrected chi connectivity index (χ0v) is 15.0. The smallest absolute Gasteiger partial charge is 0.257 e. The average Bonchev–Trinajstić information content (AvgIpc) is 3.08. The molecule has 7 heteroatoms. The third-order valence-corrected chi connectivity index (χ3v) is 5.43. The van der Waals surface area contributed by atoms with Crippen molar-refractivity contribution in [1.82, 2.24) is 10.2 Å². The number of aryl methyl sites for hydroxylation is 1. The van der Waals surface area contributed by atoms with Crippen molar-refractivity contribution < 1.29 is 4.79 Å². The lowest BCUT2D eigenvalue weighted by atomic mass is 10.1. The number of carbonyl (C=O) groups is 1. The number of nitrogens with one attached hydrogen (secondary N) is 1. The van der Waals surface area contributed by atoms with Crippen molar-refractivity contribution in [2.24, 2.45) is 0 Å². The van der Waals surface area contributed by atoms with Crippen molar-refractivity contribution in [3.8, 4) is 6.07 Å². The number of hydrogen-bond acceptors (Lipinski definition) is 6. The van der Waals surface area contributed by atoms with E-state index in [9.17, 15) is 4.79 Å². The first-order chi connectivity index (χ1) is 12.1. The van der Waals surface area contributed by atoms with Crippen LogP contribution >= 0.6 is 23.1 Å². The topological polar surface area (TPSA) is 78.7 Å². The maximum absolute atomic E-state index is 12.2. The number of anilines is 1. The average molecular weight is 366 g/mol. The Labute approximate surface area is 153 Å². The standard InChI is InChI=1S/C18H14N4OS2/c1-12-2-4-14(5-3-12)11-24-18-22-21-17(25-18)20-16(23)15-8-6-13(10-19)7-9-15/h2-9H,11H2,1H3,(H,20,21,23). The van der Waals surface area contributed by atoms with Crippen LogP contribution in [0.25, 0.3) is 0 Å². The van der Waals surface area contributed by atoms with Crippen molar-refractivity contribution in [2.75, 3.05) is 5.32 Å². The lowest BCUT2D eigenvalue weighted by molar-refractivity contribution is 0.102. The molecule has 1 aromatic heterocycles. The minimum atomic E-state index is -0.268. The lowest BCUT2D eigenvalue weighted by Gasteiger charge is -2.00. The first-order valence-corrected chi connectivity index (χ1v) is 9.27. The number of rotatable bonds is 5. The summed E-state index contributed by atoms with van der Waals surface area (Å²) in [7, 11) is 0. The largest absolute Gasteiger partial charge is 0.296 e. The zero-order chi connectivity index (χ0) is 17.6. The van der Waals surface area contributed by atoms with E-state index in [4.69, 9.17) is 5.26 Å². The minimum Gasteiger partial charge on any atom is -0.296 e. The molecule has 1 N–H and O–H groups in total. The highest BCUT2D eigenvalue weighted by atomic mass is 32.2. The van der Waals surface area contributed by atoms with Crippen molar-refractivity contribution >= 4 is 34.1 Å². The van der Waals surface area contributed by atoms with Crippen molar-refractivity contribution in [2.45, 2.75) is 17.0 Å². The van der Waals surface area contributed by atoms with E-state index in [0.29, 0.717) is 16.3 Å². The third kappa shape index (κ3) is 4.66. The molecule has 5 nitrogen and oxygen atoms in total. The zero-order valence-electron chi connectivity index (χ0n) is 13.4. The number of hydrogen-bond donors (Lipinski definition) is 1. The fourth-order valence-electron chi connectivity index (χ4n) is 2.01. The maximum atomic E-state index is 12.2. The molecular weight excluding hydrogens is 352 g/mol. The van der Waals surface area contributed by atoms with Gasteiger partial charge in [-0.2, -0.15) is 5.26 Å². The number of thioether (sulfide) groups is 1. The van der Waals surface area contributed by atoms with Gasteiger partial charge in [-0.05, 0) is 36.8 Å². The summed E-state index contributed by atoms with van der Waals surface area (Å²) >= 11 is 2.93. The van der Waals surface area contributed by atoms with Gasteiger partial charge in [0.05, 0.1) is 11.6 Å². The van der Waals surface area contributed by atoms with E-state index < -0.39 is 0 Å². The Bertz CT molecular complexity index is 911. The van der Waals surface area contributed by atoms with Crippen molar-refractivity contribution in [3.63, 3.8) is 0 Å². The Kier molecular flexibility index (Phi) is 5.43. The molecular formula is C18H14N4OS2. The molecule has 0 bridgehead atoms. The monoisotopic (exact) mass is 366 g/mol. The first-order valence-electron chi connectivity index (χ1n) is 7.47. The second-order valence-electron chi connectivity index (χ2n) is 5.29. The molecule has 0 aliphatic carbocycles. The molecule has 1 amide bonds. The molecule has 0 atom stereocenters. The SMILES string of the molecule is Cc1ccc(CSc2nnc(NC(=O)c3ccc(C#N)cc3)s2)cc1. The van der Waals surface area contributed by atoms with Gasteiger partial charge in [0.15, 0.2) is 4.34 Å². The highest BCUT2D eigenvalue weighted by Crippen LogP contribution is 2.28. The molecule has 2 aromatic carbocycles. The van der Waals surface area contributed by atoms with Crippen molar-refractivity contribution in [3.05, 3.63) is 70.8 Å². The third-order valence-electron chi connectivity index (χ3n) is 3.39. The van der Waals surface area contributed by atoms with Crippen LogP contribution in [0.5, 0.6) is 0 Å². The van der Waals surface area contributed by atoms with Crippen LogP contribution in [0.15, 0.2) is 52.9 Å². The summed E-state index contributed by atoms with van der Waals surface area (Å²) in [6.45, 7) is 2.06. The molecule has 0 saturated carbocycles. The molecule has 3 rings (SSSR count). The summed E-state index contributed by atoms with van der Waals surface area (Å²) in [4.78, 5) is 12.2. The van der Waals surface area contributed by atoms with Gasteiger partial charge < -0.3 is 0 Å². The summed E-state index contributed by atoms with van der Waals surface area (Å²) < 4.78 is 0.802. The summed E-state index contributed by atoms with van der Waals surface area (Å²) in [6.07, 6.45) is 0. The fraction of sp³-hybridized carbons (Fsp3) is 0.111. The molecule has 3 aromatic rings. The second kappa shape index (κ2) is 7.92. The molecule has 0 aliphatic rings. The van der Waals surface area contributed by atoms with E-state index in [1.807, 2.05) is 6.07 Å². The number of nitrogens with zero attached hydrogens (tertiary/aromatic N) is 3. The Hall–Kier alpha value is -2.69. The van der Waals surface area contributed by atoms with E-state index in [1.165, 1.54) is 22.5 Å². The first kappa shape index (κ1) is 17.1. The molecule has 0 spiro atoms. The van der Waals surface area contributed by atoms with Gasteiger partial charge in [0, 0.05) is 11.3 Å². The predicted molar refractivity (Wildman–Crippen MR) is 99.8 cm³/mol. The van der Waals surface area contributed by atoms with E-state index in [2.05, 4.69) is 46.7 Å². The van der Waals surface area contributed by atoms with E-state index in [0.717, 1.165) is 10.1 Å². The number of benzene rings is 2. The minimum absolute atomic E-state index is 0.268. The Balaban J connectivity index is 1.58. The van der Waals surface area contributed by atoms with Gasteiger partial charge in [-0.3, -0.25) is 10.1 Å². The van der Waals surface area contributed by atoms with Crippen LogP contribution in [0.3, 0.4) is 0 Å². The number of carbonyl (C=O) groups excluding carboxylic acids is 1. The molecule has 124 valence electrons. The molecule has 1 heterocycles. The van der Waals surface area contributed by atoms with Crippen molar-refractivity contribution in [1.29, 1.82) is 5.26 Å². The van der Waals surface area contributed by atoms with Crippen LogP contribution in [0.2, 0.25) is 0 Å².